The number of carbonyl (C=O) groups excluding carboxylic acids is 1. The van der Waals surface area contributed by atoms with Gasteiger partial charge in [-0.05, 0) is 18.4 Å². The Kier molecular flexibility index (Phi) is 7.09. The van der Waals surface area contributed by atoms with Gasteiger partial charge in [0.05, 0.1) is 6.20 Å². The van der Waals surface area contributed by atoms with Gasteiger partial charge in [-0.3, -0.25) is 4.79 Å². The zero-order valence-electron chi connectivity index (χ0n) is 11.4. The molecule has 1 amide bonds. The van der Waals surface area contributed by atoms with Gasteiger partial charge in [-0.1, -0.05) is 0 Å². The van der Waals surface area contributed by atoms with Crippen molar-refractivity contribution in [3.8, 4) is 10.6 Å². The molecule has 0 bridgehead atoms. The Morgan fingerprint density at radius 3 is 2.95 bits per heavy atom. The summed E-state index contributed by atoms with van der Waals surface area (Å²) in [6.07, 6.45) is 1.70. The zero-order valence-corrected chi connectivity index (χ0v) is 14.7. The van der Waals surface area contributed by atoms with Crippen LogP contribution in [0.1, 0.15) is 16.6 Å². The van der Waals surface area contributed by atoms with E-state index < -0.39 is 0 Å². The predicted molar refractivity (Wildman–Crippen MR) is 93.3 cm³/mol. The first kappa shape index (κ1) is 18.4. The van der Waals surface area contributed by atoms with Crippen LogP contribution in [-0.4, -0.2) is 41.5 Å². The summed E-state index contributed by atoms with van der Waals surface area (Å²) in [5, 5.41) is 8.30. The minimum absolute atomic E-state index is 0. The van der Waals surface area contributed by atoms with E-state index >= 15 is 0 Å². The Morgan fingerprint density at radius 2 is 2.29 bits per heavy atom. The van der Waals surface area contributed by atoms with E-state index in [1.54, 1.807) is 17.5 Å². The second-order valence-corrected chi connectivity index (χ2v) is 6.40. The van der Waals surface area contributed by atoms with Crippen LogP contribution in [0, 0.1) is 0 Å². The fraction of sp³-hybridized carbons (Fsp3) is 0.385. The van der Waals surface area contributed by atoms with E-state index in [1.165, 1.54) is 11.3 Å². The molecule has 1 saturated heterocycles. The molecular weight excluding hydrogens is 349 g/mol. The lowest BCUT2D eigenvalue weighted by molar-refractivity contribution is 0.0660. The summed E-state index contributed by atoms with van der Waals surface area (Å²) in [4.78, 5) is 19.5. The van der Waals surface area contributed by atoms with E-state index in [9.17, 15) is 4.79 Å². The zero-order chi connectivity index (χ0) is 13.2. The van der Waals surface area contributed by atoms with Gasteiger partial charge in [-0.25, -0.2) is 4.98 Å². The van der Waals surface area contributed by atoms with Crippen LogP contribution in [0.2, 0.25) is 0 Å². The largest absolute Gasteiger partial charge is 0.333 e. The lowest BCUT2D eigenvalue weighted by Crippen LogP contribution is -2.52. The van der Waals surface area contributed by atoms with Crippen LogP contribution in [-0.2, 0) is 0 Å². The summed E-state index contributed by atoms with van der Waals surface area (Å²) in [7, 11) is 0. The third-order valence-electron chi connectivity index (χ3n) is 3.25. The van der Waals surface area contributed by atoms with Crippen molar-refractivity contribution in [2.75, 3.05) is 19.6 Å². The van der Waals surface area contributed by atoms with E-state index in [1.807, 2.05) is 16.3 Å². The maximum absolute atomic E-state index is 12.5. The topological polar surface area (TPSA) is 45.2 Å². The summed E-state index contributed by atoms with van der Waals surface area (Å²) in [6, 6.07) is 2.28. The highest BCUT2D eigenvalue weighted by molar-refractivity contribution is 7.17. The van der Waals surface area contributed by atoms with Crippen molar-refractivity contribution >= 4 is 53.4 Å². The predicted octanol–water partition coefficient (Wildman–Crippen LogP) is 3.15. The maximum atomic E-state index is 12.5. The van der Waals surface area contributed by atoms with Gasteiger partial charge in [0.25, 0.3) is 5.91 Å². The van der Waals surface area contributed by atoms with Crippen LogP contribution < -0.4 is 5.32 Å². The number of thiophene rings is 1. The lowest BCUT2D eigenvalue weighted by Gasteiger charge is -2.33. The monoisotopic (exact) mass is 365 g/mol. The third-order valence-corrected chi connectivity index (χ3v) is 4.96. The number of nitrogens with zero attached hydrogens (tertiary/aromatic N) is 2. The van der Waals surface area contributed by atoms with Gasteiger partial charge in [-0.15, -0.1) is 36.2 Å². The number of thiazole rings is 1. The van der Waals surface area contributed by atoms with Crippen molar-refractivity contribution in [3.05, 3.63) is 27.9 Å². The average Bonchev–Trinajstić information content (AvgIpc) is 3.09. The number of aromatic nitrogens is 1. The molecule has 0 aliphatic carbocycles. The Morgan fingerprint density at radius 1 is 1.48 bits per heavy atom. The molecule has 3 rings (SSSR count). The number of carbonyl (C=O) groups is 1. The van der Waals surface area contributed by atoms with Crippen LogP contribution in [0.15, 0.2) is 23.0 Å². The Bertz CT molecular complexity index is 574. The van der Waals surface area contributed by atoms with Gasteiger partial charge in [0.2, 0.25) is 0 Å². The molecule has 1 N–H and O–H groups in total. The normalized spacial score (nSPS) is 17.8. The van der Waals surface area contributed by atoms with Crippen molar-refractivity contribution in [2.24, 2.45) is 0 Å². The molecule has 0 unspecified atom stereocenters. The summed E-state index contributed by atoms with van der Waals surface area (Å²) >= 11 is 3.12. The number of piperazine rings is 1. The van der Waals surface area contributed by atoms with Crippen LogP contribution in [0.3, 0.4) is 0 Å². The van der Waals surface area contributed by atoms with Gasteiger partial charge in [0.15, 0.2) is 0 Å². The van der Waals surface area contributed by atoms with E-state index in [0.29, 0.717) is 0 Å². The smallest absolute Gasteiger partial charge is 0.265 e. The minimum atomic E-state index is 0. The van der Waals surface area contributed by atoms with E-state index in [4.69, 9.17) is 0 Å². The summed E-state index contributed by atoms with van der Waals surface area (Å²) in [5.74, 6) is 0.105. The van der Waals surface area contributed by atoms with Gasteiger partial charge < -0.3 is 10.2 Å². The Hall–Kier alpha value is -0.660. The SMILES string of the molecule is C[C@H]1CNCCN1C(=O)c1cnc(-c2ccsc2)s1.Cl.Cl. The molecule has 1 aliphatic heterocycles. The summed E-state index contributed by atoms with van der Waals surface area (Å²) in [5.41, 5.74) is 1.10. The van der Waals surface area contributed by atoms with Gasteiger partial charge in [-0.2, -0.15) is 11.3 Å². The molecule has 2 aromatic rings. The first-order valence-electron chi connectivity index (χ1n) is 6.26. The van der Waals surface area contributed by atoms with E-state index in [2.05, 4.69) is 22.6 Å². The first-order chi connectivity index (χ1) is 9.25. The molecule has 0 spiro atoms. The summed E-state index contributed by atoms with van der Waals surface area (Å²) in [6.45, 7) is 4.57. The molecule has 21 heavy (non-hydrogen) atoms. The number of halogens is 2. The second-order valence-electron chi connectivity index (χ2n) is 4.59. The van der Waals surface area contributed by atoms with Crippen LogP contribution in [0.4, 0.5) is 0 Å². The molecule has 8 heteroatoms. The molecule has 116 valence electrons. The molecule has 4 nitrogen and oxygen atoms in total. The number of nitrogens with one attached hydrogen (secondary N) is 1. The fourth-order valence-corrected chi connectivity index (χ4v) is 3.76. The lowest BCUT2D eigenvalue weighted by atomic mass is 10.2. The highest BCUT2D eigenvalue weighted by atomic mass is 35.5. The molecule has 1 atom stereocenters. The average molecular weight is 366 g/mol. The Labute approximate surface area is 144 Å². The van der Waals surface area contributed by atoms with Crippen molar-refractivity contribution in [3.63, 3.8) is 0 Å². The van der Waals surface area contributed by atoms with Crippen LogP contribution >= 0.6 is 47.5 Å². The van der Waals surface area contributed by atoms with E-state index in [-0.39, 0.29) is 36.8 Å². The number of amides is 1. The minimum Gasteiger partial charge on any atom is -0.333 e. The van der Waals surface area contributed by atoms with Crippen molar-refractivity contribution < 1.29 is 4.79 Å². The highest BCUT2D eigenvalue weighted by Gasteiger charge is 2.25. The quantitative estimate of drug-likeness (QED) is 0.888. The molecule has 3 heterocycles. The first-order valence-corrected chi connectivity index (χ1v) is 8.01. The number of rotatable bonds is 2. The van der Waals surface area contributed by atoms with Crippen molar-refractivity contribution in [1.29, 1.82) is 0 Å². The van der Waals surface area contributed by atoms with Gasteiger partial charge in [0.1, 0.15) is 9.88 Å². The summed E-state index contributed by atoms with van der Waals surface area (Å²) < 4.78 is 0. The van der Waals surface area contributed by atoms with Crippen molar-refractivity contribution in [1.82, 2.24) is 15.2 Å². The van der Waals surface area contributed by atoms with Crippen LogP contribution in [0.25, 0.3) is 10.6 Å². The molecule has 1 fully saturated rings. The standard InChI is InChI=1S/C13H15N3OS2.2ClH/c1-9-6-14-3-4-16(9)13(17)11-7-15-12(19-11)10-2-5-18-8-10;;/h2,5,7-9,14H,3-4,6H2,1H3;2*1H/t9-;;/m0../s1. The Balaban J connectivity index is 0.00000110. The highest BCUT2D eigenvalue weighted by Crippen LogP contribution is 2.28. The van der Waals surface area contributed by atoms with Crippen molar-refractivity contribution in [2.45, 2.75) is 13.0 Å². The molecular formula is C13H17Cl2N3OS2. The van der Waals surface area contributed by atoms with Crippen LogP contribution in [0.5, 0.6) is 0 Å². The molecule has 0 radical (unpaired) electrons. The van der Waals surface area contributed by atoms with Gasteiger partial charge in [0, 0.05) is 36.6 Å². The fourth-order valence-electron chi connectivity index (χ4n) is 2.18. The molecule has 0 saturated carbocycles. The second kappa shape index (κ2) is 8.10. The molecule has 1 aliphatic rings. The molecule has 0 aromatic carbocycles. The number of hydrogen-bond donors (Lipinski definition) is 1. The van der Waals surface area contributed by atoms with E-state index in [0.717, 1.165) is 35.1 Å². The van der Waals surface area contributed by atoms with Gasteiger partial charge >= 0.3 is 0 Å². The maximum Gasteiger partial charge on any atom is 0.265 e. The number of hydrogen-bond acceptors (Lipinski definition) is 5. The molecule has 2 aromatic heterocycles. The third kappa shape index (κ3) is 3.96.